The lowest BCUT2D eigenvalue weighted by molar-refractivity contribution is 0.513. The van der Waals surface area contributed by atoms with E-state index in [1.165, 1.54) is 42.1 Å². The minimum atomic E-state index is -0.566. The van der Waals surface area contributed by atoms with Gasteiger partial charge in [-0.3, -0.25) is 0 Å². The molecule has 0 amide bonds. The molecule has 1 nitrogen and oxygen atoms in total. The topological polar surface area (TPSA) is 12.0 Å². The molecule has 106 valence electrons. The molecule has 0 aliphatic carbocycles. The Kier molecular flexibility index (Phi) is 5.09. The summed E-state index contributed by atoms with van der Waals surface area (Å²) in [5, 5.41) is 2.91. The van der Waals surface area contributed by atoms with Gasteiger partial charge >= 0.3 is 0 Å². The molecule has 20 heavy (non-hydrogen) atoms. The molecular weight excluding hydrogens is 283 g/mol. The fourth-order valence-corrected chi connectivity index (χ4v) is 2.89. The summed E-state index contributed by atoms with van der Waals surface area (Å²) in [5.74, 6) is -0.993. The molecular formula is C15H14F3NS. The number of rotatable bonds is 5. The number of benzene rings is 2. The molecule has 1 unspecified atom stereocenters. The predicted molar refractivity (Wildman–Crippen MR) is 75.3 cm³/mol. The Morgan fingerprint density at radius 1 is 1.00 bits per heavy atom. The minimum absolute atomic E-state index is 0.0320. The van der Waals surface area contributed by atoms with Crippen LogP contribution in [0.4, 0.5) is 13.2 Å². The van der Waals surface area contributed by atoms with Gasteiger partial charge in [0.1, 0.15) is 17.5 Å². The number of thioether (sulfide) groups is 1. The Balaban J connectivity index is 2.11. The van der Waals surface area contributed by atoms with Crippen LogP contribution in [0.25, 0.3) is 0 Å². The number of hydrogen-bond acceptors (Lipinski definition) is 2. The summed E-state index contributed by atoms with van der Waals surface area (Å²) in [7, 11) is 1.65. The normalized spacial score (nSPS) is 12.4. The van der Waals surface area contributed by atoms with E-state index in [1.54, 1.807) is 19.2 Å². The summed E-state index contributed by atoms with van der Waals surface area (Å²) in [6, 6.07) is 9.38. The van der Waals surface area contributed by atoms with Gasteiger partial charge < -0.3 is 5.32 Å². The maximum Gasteiger partial charge on any atom is 0.130 e. The molecule has 0 spiro atoms. The first-order chi connectivity index (χ1) is 9.61. The summed E-state index contributed by atoms with van der Waals surface area (Å²) in [5.41, 5.74) is 0.0320. The average Bonchev–Trinajstić information content (AvgIpc) is 2.44. The monoisotopic (exact) mass is 297 g/mol. The van der Waals surface area contributed by atoms with E-state index < -0.39 is 17.7 Å². The number of nitrogens with one attached hydrogen (secondary N) is 1. The standard InChI is InChI=1S/C15H14F3NS/c1-19-14(15-12(17)3-2-4-13(15)18)9-20-11-7-5-10(16)6-8-11/h2-8,14,19H,9H2,1H3. The molecule has 0 heterocycles. The molecule has 0 aromatic heterocycles. The molecule has 1 atom stereocenters. The smallest absolute Gasteiger partial charge is 0.130 e. The van der Waals surface area contributed by atoms with Crippen molar-refractivity contribution in [2.24, 2.45) is 0 Å². The molecule has 0 saturated carbocycles. The summed E-state index contributed by atoms with van der Waals surface area (Å²) >= 11 is 1.41. The Bertz CT molecular complexity index is 552. The van der Waals surface area contributed by atoms with Gasteiger partial charge in [0.25, 0.3) is 0 Å². The fourth-order valence-electron chi connectivity index (χ4n) is 1.86. The van der Waals surface area contributed by atoms with Crippen LogP contribution < -0.4 is 5.32 Å². The van der Waals surface area contributed by atoms with Crippen LogP contribution in [-0.2, 0) is 0 Å². The first kappa shape index (κ1) is 14.9. The second kappa shape index (κ2) is 6.81. The highest BCUT2D eigenvalue weighted by atomic mass is 32.2. The van der Waals surface area contributed by atoms with Gasteiger partial charge in [0, 0.05) is 22.3 Å². The first-order valence-corrected chi connectivity index (χ1v) is 7.10. The van der Waals surface area contributed by atoms with Crippen LogP contribution in [0, 0.1) is 17.5 Å². The maximum absolute atomic E-state index is 13.7. The highest BCUT2D eigenvalue weighted by Crippen LogP contribution is 2.27. The third-order valence-corrected chi connectivity index (χ3v) is 4.03. The summed E-state index contributed by atoms with van der Waals surface area (Å²) in [4.78, 5) is 0.850. The summed E-state index contributed by atoms with van der Waals surface area (Å²) in [6.07, 6.45) is 0. The molecule has 2 aromatic carbocycles. The predicted octanol–water partition coefficient (Wildman–Crippen LogP) is 4.16. The lowest BCUT2D eigenvalue weighted by Gasteiger charge is -2.17. The second-order valence-electron chi connectivity index (χ2n) is 4.24. The van der Waals surface area contributed by atoms with Crippen molar-refractivity contribution < 1.29 is 13.2 Å². The third kappa shape index (κ3) is 3.55. The van der Waals surface area contributed by atoms with E-state index in [1.807, 2.05) is 0 Å². The van der Waals surface area contributed by atoms with Crippen LogP contribution in [-0.4, -0.2) is 12.8 Å². The lowest BCUT2D eigenvalue weighted by Crippen LogP contribution is -2.21. The van der Waals surface area contributed by atoms with E-state index >= 15 is 0 Å². The van der Waals surface area contributed by atoms with Gasteiger partial charge in [-0.1, -0.05) is 6.07 Å². The molecule has 1 N–H and O–H groups in total. The molecule has 0 aliphatic heterocycles. The van der Waals surface area contributed by atoms with E-state index in [-0.39, 0.29) is 11.4 Å². The van der Waals surface area contributed by atoms with Crippen molar-refractivity contribution in [2.75, 3.05) is 12.8 Å². The first-order valence-electron chi connectivity index (χ1n) is 6.11. The van der Waals surface area contributed by atoms with Crippen LogP contribution >= 0.6 is 11.8 Å². The van der Waals surface area contributed by atoms with Crippen molar-refractivity contribution in [3.8, 4) is 0 Å². The minimum Gasteiger partial charge on any atom is -0.312 e. The van der Waals surface area contributed by atoms with E-state index in [0.29, 0.717) is 5.75 Å². The largest absolute Gasteiger partial charge is 0.312 e. The molecule has 5 heteroatoms. The molecule has 0 saturated heterocycles. The van der Waals surface area contributed by atoms with Gasteiger partial charge in [0.2, 0.25) is 0 Å². The SMILES string of the molecule is CNC(CSc1ccc(F)cc1)c1c(F)cccc1F. The molecule has 2 aromatic rings. The zero-order chi connectivity index (χ0) is 14.5. The van der Waals surface area contributed by atoms with Gasteiger partial charge in [0.05, 0.1) is 0 Å². The van der Waals surface area contributed by atoms with E-state index in [4.69, 9.17) is 0 Å². The zero-order valence-corrected chi connectivity index (χ0v) is 11.7. The van der Waals surface area contributed by atoms with E-state index in [9.17, 15) is 13.2 Å². The average molecular weight is 297 g/mol. The van der Waals surface area contributed by atoms with Crippen molar-refractivity contribution in [3.63, 3.8) is 0 Å². The summed E-state index contributed by atoms with van der Waals surface area (Å²) in [6.45, 7) is 0. The highest BCUT2D eigenvalue weighted by molar-refractivity contribution is 7.99. The number of halogens is 3. The van der Waals surface area contributed by atoms with Gasteiger partial charge in [0.15, 0.2) is 0 Å². The molecule has 2 rings (SSSR count). The quantitative estimate of drug-likeness (QED) is 0.832. The van der Waals surface area contributed by atoms with Gasteiger partial charge in [-0.25, -0.2) is 13.2 Å². The summed E-state index contributed by atoms with van der Waals surface area (Å²) < 4.78 is 40.3. The van der Waals surface area contributed by atoms with Crippen molar-refractivity contribution >= 4 is 11.8 Å². The van der Waals surface area contributed by atoms with Crippen molar-refractivity contribution in [3.05, 3.63) is 65.5 Å². The van der Waals surface area contributed by atoms with Crippen LogP contribution in [0.5, 0.6) is 0 Å². The van der Waals surface area contributed by atoms with E-state index in [2.05, 4.69) is 5.32 Å². The Morgan fingerprint density at radius 2 is 1.60 bits per heavy atom. The molecule has 0 radical (unpaired) electrons. The van der Waals surface area contributed by atoms with Gasteiger partial charge in [-0.2, -0.15) is 0 Å². The van der Waals surface area contributed by atoms with Crippen LogP contribution in [0.3, 0.4) is 0 Å². The zero-order valence-electron chi connectivity index (χ0n) is 10.9. The Morgan fingerprint density at radius 3 is 2.15 bits per heavy atom. The van der Waals surface area contributed by atoms with Crippen molar-refractivity contribution in [1.29, 1.82) is 0 Å². The van der Waals surface area contributed by atoms with Gasteiger partial charge in [-0.05, 0) is 43.4 Å². The third-order valence-electron chi connectivity index (χ3n) is 2.93. The molecule has 0 bridgehead atoms. The Labute approximate surface area is 120 Å². The van der Waals surface area contributed by atoms with Crippen LogP contribution in [0.2, 0.25) is 0 Å². The highest BCUT2D eigenvalue weighted by Gasteiger charge is 2.18. The van der Waals surface area contributed by atoms with Crippen LogP contribution in [0.1, 0.15) is 11.6 Å². The fraction of sp³-hybridized carbons (Fsp3) is 0.200. The molecule has 0 aliphatic rings. The second-order valence-corrected chi connectivity index (χ2v) is 5.33. The van der Waals surface area contributed by atoms with Crippen LogP contribution in [0.15, 0.2) is 47.4 Å². The van der Waals surface area contributed by atoms with Gasteiger partial charge in [-0.15, -0.1) is 11.8 Å². The maximum atomic E-state index is 13.7. The number of hydrogen-bond donors (Lipinski definition) is 1. The van der Waals surface area contributed by atoms with Crippen molar-refractivity contribution in [2.45, 2.75) is 10.9 Å². The van der Waals surface area contributed by atoms with Crippen molar-refractivity contribution in [1.82, 2.24) is 5.32 Å². The lowest BCUT2D eigenvalue weighted by atomic mass is 10.1. The van der Waals surface area contributed by atoms with E-state index in [0.717, 1.165) is 4.90 Å². The molecule has 0 fully saturated rings. The Hall–Kier alpha value is -1.46.